The highest BCUT2D eigenvalue weighted by Gasteiger charge is 2.23. The van der Waals surface area contributed by atoms with Crippen LogP contribution in [0.4, 0.5) is 0 Å². The van der Waals surface area contributed by atoms with E-state index in [9.17, 15) is 10.1 Å². The van der Waals surface area contributed by atoms with E-state index >= 15 is 0 Å². The number of nitro groups is 1. The van der Waals surface area contributed by atoms with Crippen molar-refractivity contribution in [2.75, 3.05) is 26.2 Å². The van der Waals surface area contributed by atoms with Crippen molar-refractivity contribution in [3.8, 4) is 0 Å². The van der Waals surface area contributed by atoms with E-state index in [1.807, 2.05) is 6.08 Å². The van der Waals surface area contributed by atoms with E-state index in [0.717, 1.165) is 32.6 Å². The Hall–Kier alpha value is -1.20. The lowest BCUT2D eigenvalue weighted by Gasteiger charge is -2.33. The monoisotopic (exact) mass is 209 g/mol. The van der Waals surface area contributed by atoms with Crippen LogP contribution < -0.4 is 5.32 Å². The predicted octanol–water partition coefficient (Wildman–Crippen LogP) is 0.381. The fourth-order valence-corrected chi connectivity index (χ4v) is 2.04. The van der Waals surface area contributed by atoms with Gasteiger partial charge in [0.2, 0.25) is 0 Å². The van der Waals surface area contributed by atoms with Gasteiger partial charge in [-0.1, -0.05) is 6.08 Å². The summed E-state index contributed by atoms with van der Waals surface area (Å²) in [7, 11) is 0. The van der Waals surface area contributed by atoms with E-state index in [1.54, 1.807) is 12.2 Å². The second-order valence-corrected chi connectivity index (χ2v) is 3.84. The smallest absolute Gasteiger partial charge is 0.266 e. The molecule has 15 heavy (non-hydrogen) atoms. The van der Waals surface area contributed by atoms with Crippen LogP contribution in [-0.2, 0) is 0 Å². The van der Waals surface area contributed by atoms with Crippen LogP contribution in [0.1, 0.15) is 6.42 Å². The molecule has 0 aromatic rings. The number of piperazine rings is 1. The summed E-state index contributed by atoms with van der Waals surface area (Å²) >= 11 is 0. The van der Waals surface area contributed by atoms with Gasteiger partial charge < -0.3 is 5.32 Å². The number of hydrogen-bond acceptors (Lipinski definition) is 4. The lowest BCUT2D eigenvalue weighted by molar-refractivity contribution is -0.419. The molecule has 0 spiro atoms. The molecule has 0 radical (unpaired) electrons. The number of nitrogens with one attached hydrogen (secondary N) is 1. The van der Waals surface area contributed by atoms with Crippen molar-refractivity contribution in [2.45, 2.75) is 12.5 Å². The summed E-state index contributed by atoms with van der Waals surface area (Å²) in [5, 5.41) is 13.9. The van der Waals surface area contributed by atoms with Crippen molar-refractivity contribution in [3.63, 3.8) is 0 Å². The molecule has 1 aliphatic heterocycles. The zero-order valence-corrected chi connectivity index (χ0v) is 8.56. The molecular weight excluding hydrogens is 194 g/mol. The van der Waals surface area contributed by atoms with E-state index in [0.29, 0.717) is 0 Å². The SMILES string of the molecule is O=[N+]([O-])C1=CC(N2CCNCC2)CC=C1. The lowest BCUT2D eigenvalue weighted by Crippen LogP contribution is -2.48. The van der Waals surface area contributed by atoms with Crippen molar-refractivity contribution in [3.05, 3.63) is 34.0 Å². The van der Waals surface area contributed by atoms with Crippen molar-refractivity contribution in [1.29, 1.82) is 0 Å². The van der Waals surface area contributed by atoms with Crippen LogP contribution in [0.25, 0.3) is 0 Å². The van der Waals surface area contributed by atoms with Gasteiger partial charge in [-0.2, -0.15) is 0 Å². The van der Waals surface area contributed by atoms with Crippen molar-refractivity contribution in [1.82, 2.24) is 10.2 Å². The summed E-state index contributed by atoms with van der Waals surface area (Å²) in [6.45, 7) is 3.89. The first-order valence-electron chi connectivity index (χ1n) is 5.25. The Kier molecular flexibility index (Phi) is 3.13. The fourth-order valence-electron chi connectivity index (χ4n) is 2.04. The molecule has 5 nitrogen and oxygen atoms in total. The zero-order chi connectivity index (χ0) is 10.7. The van der Waals surface area contributed by atoms with E-state index in [1.165, 1.54) is 0 Å². The Labute approximate surface area is 88.6 Å². The third-order valence-corrected chi connectivity index (χ3v) is 2.86. The first-order chi connectivity index (χ1) is 7.27. The summed E-state index contributed by atoms with van der Waals surface area (Å²) in [4.78, 5) is 12.6. The van der Waals surface area contributed by atoms with Gasteiger partial charge in [0.25, 0.3) is 5.70 Å². The molecule has 1 aliphatic carbocycles. The predicted molar refractivity (Wildman–Crippen MR) is 57.1 cm³/mol. The van der Waals surface area contributed by atoms with Gasteiger partial charge in [-0.05, 0) is 6.42 Å². The average molecular weight is 209 g/mol. The van der Waals surface area contributed by atoms with Gasteiger partial charge in [0, 0.05) is 44.4 Å². The molecule has 0 aromatic heterocycles. The largest absolute Gasteiger partial charge is 0.314 e. The van der Waals surface area contributed by atoms with Crippen molar-refractivity contribution >= 4 is 0 Å². The van der Waals surface area contributed by atoms with Gasteiger partial charge >= 0.3 is 0 Å². The highest BCUT2D eigenvalue weighted by molar-refractivity contribution is 5.20. The third-order valence-electron chi connectivity index (χ3n) is 2.86. The summed E-state index contributed by atoms with van der Waals surface area (Å²) < 4.78 is 0. The molecule has 1 fully saturated rings. The summed E-state index contributed by atoms with van der Waals surface area (Å²) in [5.41, 5.74) is 0.227. The second-order valence-electron chi connectivity index (χ2n) is 3.84. The molecule has 1 heterocycles. The number of nitrogens with zero attached hydrogens (tertiary/aromatic N) is 2. The van der Waals surface area contributed by atoms with Crippen molar-refractivity contribution in [2.24, 2.45) is 0 Å². The highest BCUT2D eigenvalue weighted by Crippen LogP contribution is 2.16. The molecule has 2 rings (SSSR count). The molecule has 82 valence electrons. The third kappa shape index (κ3) is 2.43. The number of rotatable bonds is 2. The molecule has 5 heteroatoms. The molecular formula is C10H15N3O2. The molecule has 0 aromatic carbocycles. The maximum Gasteiger partial charge on any atom is 0.266 e. The van der Waals surface area contributed by atoms with Crippen LogP contribution in [0.3, 0.4) is 0 Å². The van der Waals surface area contributed by atoms with Crippen molar-refractivity contribution < 1.29 is 4.92 Å². The Bertz CT molecular complexity index is 306. The molecule has 0 amide bonds. The minimum absolute atomic E-state index is 0.206. The van der Waals surface area contributed by atoms with Crippen LogP contribution in [0.15, 0.2) is 23.9 Å². The fraction of sp³-hybridized carbons (Fsp3) is 0.600. The molecule has 1 saturated heterocycles. The Morgan fingerprint density at radius 1 is 1.47 bits per heavy atom. The Balaban J connectivity index is 2.04. The van der Waals surface area contributed by atoms with Crippen LogP contribution in [-0.4, -0.2) is 42.0 Å². The molecule has 1 atom stereocenters. The van der Waals surface area contributed by atoms with Gasteiger partial charge in [-0.3, -0.25) is 15.0 Å². The minimum Gasteiger partial charge on any atom is -0.314 e. The summed E-state index contributed by atoms with van der Waals surface area (Å²) in [5.74, 6) is 0. The molecule has 1 unspecified atom stereocenters. The quantitative estimate of drug-likeness (QED) is 0.527. The van der Waals surface area contributed by atoms with Crippen LogP contribution in [0, 0.1) is 10.1 Å². The molecule has 0 bridgehead atoms. The summed E-state index contributed by atoms with van der Waals surface area (Å²) in [6, 6.07) is 0.206. The van der Waals surface area contributed by atoms with Gasteiger partial charge in [0.05, 0.1) is 4.92 Å². The summed E-state index contributed by atoms with van der Waals surface area (Å²) in [6.07, 6.45) is 6.15. The molecule has 1 N–H and O–H groups in total. The van der Waals surface area contributed by atoms with Crippen LogP contribution in [0.5, 0.6) is 0 Å². The van der Waals surface area contributed by atoms with E-state index in [2.05, 4.69) is 10.2 Å². The average Bonchev–Trinajstić information content (AvgIpc) is 2.30. The normalized spacial score (nSPS) is 27.5. The van der Waals surface area contributed by atoms with E-state index in [4.69, 9.17) is 0 Å². The van der Waals surface area contributed by atoms with E-state index < -0.39 is 0 Å². The first-order valence-corrected chi connectivity index (χ1v) is 5.25. The Morgan fingerprint density at radius 3 is 2.87 bits per heavy atom. The van der Waals surface area contributed by atoms with Gasteiger partial charge in [0.1, 0.15) is 0 Å². The van der Waals surface area contributed by atoms with Gasteiger partial charge in [0.15, 0.2) is 0 Å². The topological polar surface area (TPSA) is 58.4 Å². The van der Waals surface area contributed by atoms with Crippen LogP contribution in [0.2, 0.25) is 0 Å². The minimum atomic E-state index is -0.315. The highest BCUT2D eigenvalue weighted by atomic mass is 16.6. The standard InChI is InChI=1S/C10H15N3O2/c14-13(15)10-3-1-2-9(8-10)12-6-4-11-5-7-12/h1,3,8-9,11H,2,4-7H2. The zero-order valence-electron chi connectivity index (χ0n) is 8.56. The number of hydrogen-bond donors (Lipinski definition) is 1. The maximum absolute atomic E-state index is 10.6. The van der Waals surface area contributed by atoms with E-state index in [-0.39, 0.29) is 16.7 Å². The number of allylic oxidation sites excluding steroid dienone is 1. The Morgan fingerprint density at radius 2 is 2.20 bits per heavy atom. The molecule has 2 aliphatic rings. The van der Waals surface area contributed by atoms with Gasteiger partial charge in [-0.25, -0.2) is 0 Å². The lowest BCUT2D eigenvalue weighted by atomic mass is 10.0. The maximum atomic E-state index is 10.6. The second kappa shape index (κ2) is 4.55. The van der Waals surface area contributed by atoms with Gasteiger partial charge in [-0.15, -0.1) is 0 Å². The first kappa shape index (κ1) is 10.3. The van der Waals surface area contributed by atoms with Crippen LogP contribution >= 0.6 is 0 Å². The molecule has 0 saturated carbocycles.